The Labute approximate surface area is 150 Å². The van der Waals surface area contributed by atoms with Gasteiger partial charge in [0.15, 0.2) is 17.3 Å². The molecule has 0 aromatic carbocycles. The fourth-order valence-corrected chi connectivity index (χ4v) is 3.40. The number of hydrogen-bond donors (Lipinski definition) is 0. The van der Waals surface area contributed by atoms with Gasteiger partial charge < -0.3 is 4.74 Å². The van der Waals surface area contributed by atoms with Crippen LogP contribution in [0.2, 0.25) is 0 Å². The molecule has 25 heavy (non-hydrogen) atoms. The molecule has 5 heteroatoms. The number of Topliss-reactive ketones (excluding diaryl/α,β-unsaturated/α-hetero) is 3. The van der Waals surface area contributed by atoms with Crippen LogP contribution < -0.4 is 0 Å². The summed E-state index contributed by atoms with van der Waals surface area (Å²) in [5, 5.41) is 0. The highest BCUT2D eigenvalue weighted by atomic mass is 16.5. The van der Waals surface area contributed by atoms with Crippen LogP contribution in [0.3, 0.4) is 0 Å². The van der Waals surface area contributed by atoms with Gasteiger partial charge >= 0.3 is 5.97 Å². The van der Waals surface area contributed by atoms with Crippen molar-refractivity contribution in [3.05, 3.63) is 0 Å². The van der Waals surface area contributed by atoms with E-state index >= 15 is 0 Å². The van der Waals surface area contributed by atoms with Crippen LogP contribution in [-0.2, 0) is 23.9 Å². The monoisotopic (exact) mass is 352 g/mol. The molecule has 2 atom stereocenters. The van der Waals surface area contributed by atoms with Crippen molar-refractivity contribution in [2.75, 3.05) is 7.11 Å². The standard InChI is InChI=1S/C20H32O5/c1-3-4-5-6-7-8-9-10-11-12-16(21)18-17(22)14-13-15(19(18)23)20(24)25-2/h15,18H,3-14H2,1-2H3. The Morgan fingerprint density at radius 3 is 2.08 bits per heavy atom. The van der Waals surface area contributed by atoms with Crippen molar-refractivity contribution >= 4 is 23.3 Å². The molecule has 0 heterocycles. The van der Waals surface area contributed by atoms with Gasteiger partial charge in [0.1, 0.15) is 11.8 Å². The summed E-state index contributed by atoms with van der Waals surface area (Å²) in [7, 11) is 1.21. The molecule has 1 fully saturated rings. The molecular formula is C20H32O5. The fourth-order valence-electron chi connectivity index (χ4n) is 3.40. The second-order valence-corrected chi connectivity index (χ2v) is 6.96. The highest BCUT2D eigenvalue weighted by Crippen LogP contribution is 2.26. The van der Waals surface area contributed by atoms with Gasteiger partial charge in [-0.25, -0.2) is 0 Å². The average molecular weight is 352 g/mol. The maximum absolute atomic E-state index is 12.3. The van der Waals surface area contributed by atoms with Crippen LogP contribution in [0.15, 0.2) is 0 Å². The summed E-state index contributed by atoms with van der Waals surface area (Å²) in [5.74, 6) is -4.08. The van der Waals surface area contributed by atoms with Crippen molar-refractivity contribution in [2.24, 2.45) is 11.8 Å². The quantitative estimate of drug-likeness (QED) is 0.303. The van der Waals surface area contributed by atoms with Gasteiger partial charge in [-0.2, -0.15) is 0 Å². The van der Waals surface area contributed by atoms with Crippen LogP contribution in [0, 0.1) is 11.8 Å². The average Bonchev–Trinajstić information content (AvgIpc) is 2.59. The first-order valence-electron chi connectivity index (χ1n) is 9.69. The van der Waals surface area contributed by atoms with E-state index in [2.05, 4.69) is 11.7 Å². The minimum Gasteiger partial charge on any atom is -0.468 e. The van der Waals surface area contributed by atoms with Crippen LogP contribution in [0.1, 0.15) is 84.0 Å². The van der Waals surface area contributed by atoms with Gasteiger partial charge in [-0.15, -0.1) is 0 Å². The second-order valence-electron chi connectivity index (χ2n) is 6.96. The topological polar surface area (TPSA) is 77.5 Å². The summed E-state index contributed by atoms with van der Waals surface area (Å²) in [4.78, 5) is 48.2. The Morgan fingerprint density at radius 1 is 0.960 bits per heavy atom. The van der Waals surface area contributed by atoms with E-state index in [9.17, 15) is 19.2 Å². The molecule has 1 saturated carbocycles. The number of hydrogen-bond acceptors (Lipinski definition) is 5. The maximum atomic E-state index is 12.3. The Kier molecular flexibility index (Phi) is 10.3. The first kappa shape index (κ1) is 21.5. The smallest absolute Gasteiger partial charge is 0.316 e. The zero-order valence-electron chi connectivity index (χ0n) is 15.7. The zero-order chi connectivity index (χ0) is 18.7. The molecule has 0 radical (unpaired) electrons. The first-order valence-corrected chi connectivity index (χ1v) is 9.69. The summed E-state index contributed by atoms with van der Waals surface area (Å²) in [5.41, 5.74) is 0. The van der Waals surface area contributed by atoms with E-state index in [0.717, 1.165) is 12.8 Å². The molecule has 0 aromatic rings. The number of unbranched alkanes of at least 4 members (excludes halogenated alkanes) is 8. The third kappa shape index (κ3) is 7.09. The van der Waals surface area contributed by atoms with Gasteiger partial charge in [0.05, 0.1) is 7.11 Å². The predicted octanol–water partition coefficient (Wildman–Crippen LogP) is 3.81. The largest absolute Gasteiger partial charge is 0.468 e. The third-order valence-corrected chi connectivity index (χ3v) is 4.96. The molecular weight excluding hydrogens is 320 g/mol. The van der Waals surface area contributed by atoms with Crippen LogP contribution >= 0.6 is 0 Å². The molecule has 142 valence electrons. The molecule has 0 amide bonds. The number of esters is 1. The summed E-state index contributed by atoms with van der Waals surface area (Å²) in [6, 6.07) is 0. The maximum Gasteiger partial charge on any atom is 0.316 e. The van der Waals surface area contributed by atoms with Crippen molar-refractivity contribution in [1.82, 2.24) is 0 Å². The van der Waals surface area contributed by atoms with Crippen molar-refractivity contribution in [3.8, 4) is 0 Å². The van der Waals surface area contributed by atoms with Crippen molar-refractivity contribution in [3.63, 3.8) is 0 Å². The number of methoxy groups -OCH3 is 1. The molecule has 0 saturated heterocycles. The Hall–Kier alpha value is -1.52. The van der Waals surface area contributed by atoms with Gasteiger partial charge in [-0.05, 0) is 12.8 Å². The van der Waals surface area contributed by atoms with Crippen molar-refractivity contribution in [2.45, 2.75) is 84.0 Å². The van der Waals surface area contributed by atoms with Crippen LogP contribution in [0.4, 0.5) is 0 Å². The van der Waals surface area contributed by atoms with E-state index in [-0.39, 0.29) is 30.8 Å². The molecule has 0 aromatic heterocycles. The molecule has 0 spiro atoms. The Morgan fingerprint density at radius 2 is 1.52 bits per heavy atom. The Bertz CT molecular complexity index is 469. The molecule has 2 unspecified atom stereocenters. The summed E-state index contributed by atoms with van der Waals surface area (Å²) < 4.78 is 4.60. The highest BCUT2D eigenvalue weighted by molar-refractivity contribution is 6.24. The lowest BCUT2D eigenvalue weighted by atomic mass is 9.76. The zero-order valence-corrected chi connectivity index (χ0v) is 15.7. The van der Waals surface area contributed by atoms with Gasteiger partial charge in [0, 0.05) is 12.8 Å². The van der Waals surface area contributed by atoms with Crippen LogP contribution in [0.5, 0.6) is 0 Å². The van der Waals surface area contributed by atoms with Gasteiger partial charge in [0.2, 0.25) is 0 Å². The molecule has 0 N–H and O–H groups in total. The normalized spacial score (nSPS) is 20.6. The number of carbonyl (C=O) groups is 4. The van der Waals surface area contributed by atoms with E-state index in [4.69, 9.17) is 0 Å². The number of ether oxygens (including phenoxy) is 1. The number of ketones is 3. The SMILES string of the molecule is CCCCCCCCCCCC(=O)C1C(=O)CCC(C(=O)OC)C1=O. The summed E-state index contributed by atoms with van der Waals surface area (Å²) >= 11 is 0. The lowest BCUT2D eigenvalue weighted by molar-refractivity contribution is -0.154. The minimum atomic E-state index is -1.24. The van der Waals surface area contributed by atoms with Crippen molar-refractivity contribution in [1.29, 1.82) is 0 Å². The summed E-state index contributed by atoms with van der Waals surface area (Å²) in [6.45, 7) is 2.20. The van der Waals surface area contributed by atoms with E-state index in [1.54, 1.807) is 0 Å². The lowest BCUT2D eigenvalue weighted by Gasteiger charge is -2.24. The molecule has 1 aliphatic carbocycles. The molecule has 1 aliphatic rings. The van der Waals surface area contributed by atoms with Gasteiger partial charge in [-0.3, -0.25) is 19.2 Å². The van der Waals surface area contributed by atoms with Crippen LogP contribution in [-0.4, -0.2) is 30.4 Å². The van der Waals surface area contributed by atoms with Crippen molar-refractivity contribution < 1.29 is 23.9 Å². The first-order chi connectivity index (χ1) is 12.0. The highest BCUT2D eigenvalue weighted by Gasteiger charge is 2.44. The second kappa shape index (κ2) is 11.9. The van der Waals surface area contributed by atoms with Crippen LogP contribution in [0.25, 0.3) is 0 Å². The fraction of sp³-hybridized carbons (Fsp3) is 0.800. The minimum absolute atomic E-state index is 0.0969. The predicted molar refractivity (Wildman–Crippen MR) is 95.1 cm³/mol. The Balaban J connectivity index is 2.29. The van der Waals surface area contributed by atoms with E-state index in [0.29, 0.717) is 6.42 Å². The van der Waals surface area contributed by atoms with Gasteiger partial charge in [-0.1, -0.05) is 58.3 Å². The molecule has 0 bridgehead atoms. The lowest BCUT2D eigenvalue weighted by Crippen LogP contribution is -2.43. The van der Waals surface area contributed by atoms with E-state index < -0.39 is 23.6 Å². The molecule has 5 nitrogen and oxygen atoms in total. The summed E-state index contributed by atoms with van der Waals surface area (Å²) in [6.07, 6.45) is 10.7. The van der Waals surface area contributed by atoms with E-state index in [1.807, 2.05) is 0 Å². The van der Waals surface area contributed by atoms with E-state index in [1.165, 1.54) is 45.6 Å². The van der Waals surface area contributed by atoms with Gasteiger partial charge in [0.25, 0.3) is 0 Å². The molecule has 1 rings (SSSR count). The molecule has 0 aliphatic heterocycles. The number of carbonyl (C=O) groups excluding carboxylic acids is 4. The number of rotatable bonds is 12. The third-order valence-electron chi connectivity index (χ3n) is 4.96.